The van der Waals surface area contributed by atoms with Gasteiger partial charge in [0.2, 0.25) is 0 Å². The summed E-state index contributed by atoms with van der Waals surface area (Å²) in [6.07, 6.45) is 3.56. The number of hydrazone groups is 1. The molecule has 0 bridgehead atoms. The number of pyridine rings is 1. The van der Waals surface area contributed by atoms with Gasteiger partial charge in [-0.25, -0.2) is 4.98 Å². The Labute approximate surface area is 127 Å². The number of anilines is 2. The van der Waals surface area contributed by atoms with E-state index in [0.29, 0.717) is 0 Å². The minimum absolute atomic E-state index is 0.934. The second kappa shape index (κ2) is 8.74. The maximum Gasteiger partial charge on any atom is 0.127 e. The van der Waals surface area contributed by atoms with Gasteiger partial charge in [-0.15, -0.1) is 0 Å². The summed E-state index contributed by atoms with van der Waals surface area (Å²) >= 11 is 0. The molecule has 0 spiro atoms. The van der Waals surface area contributed by atoms with E-state index in [1.54, 1.807) is 12.4 Å². The van der Waals surface area contributed by atoms with Crippen molar-refractivity contribution in [3.8, 4) is 0 Å². The summed E-state index contributed by atoms with van der Waals surface area (Å²) in [6.45, 7) is 6.06. The maximum atomic E-state index is 4.32. The summed E-state index contributed by atoms with van der Waals surface area (Å²) in [7, 11) is 3.93. The lowest BCUT2D eigenvalue weighted by Crippen LogP contribution is -2.10. The highest BCUT2D eigenvalue weighted by Crippen LogP contribution is 2.09. The monoisotopic (exact) mass is 284 g/mol. The normalized spacial score (nSPS) is 9.95. The predicted octanol–water partition coefficient (Wildman–Crippen LogP) is 3.93. The second-order valence-corrected chi connectivity index (χ2v) is 4.58. The molecular weight excluding hydrogens is 260 g/mol. The molecule has 21 heavy (non-hydrogen) atoms. The van der Waals surface area contributed by atoms with E-state index in [-0.39, 0.29) is 0 Å². The summed E-state index contributed by atoms with van der Waals surface area (Å²) in [5.74, 6) is 0.934. The lowest BCUT2D eigenvalue weighted by Gasteiger charge is -2.10. The van der Waals surface area contributed by atoms with Gasteiger partial charge >= 0.3 is 0 Å². The number of aromatic nitrogens is 1. The van der Waals surface area contributed by atoms with Crippen molar-refractivity contribution in [2.45, 2.75) is 20.8 Å². The van der Waals surface area contributed by atoms with Gasteiger partial charge in [0.25, 0.3) is 0 Å². The van der Waals surface area contributed by atoms with Crippen molar-refractivity contribution >= 4 is 17.7 Å². The van der Waals surface area contributed by atoms with Gasteiger partial charge in [-0.1, -0.05) is 31.5 Å². The molecule has 0 amide bonds. The van der Waals surface area contributed by atoms with Crippen molar-refractivity contribution in [3.05, 3.63) is 53.7 Å². The molecule has 1 heterocycles. The molecule has 0 aliphatic rings. The highest BCUT2D eigenvalue weighted by Gasteiger charge is 1.95. The fourth-order valence-electron chi connectivity index (χ4n) is 1.55. The second-order valence-electron chi connectivity index (χ2n) is 4.58. The molecule has 0 unspecified atom stereocenters. The quantitative estimate of drug-likeness (QED) is 0.683. The molecule has 0 fully saturated rings. The van der Waals surface area contributed by atoms with Crippen molar-refractivity contribution in [2.24, 2.45) is 5.10 Å². The fourth-order valence-corrected chi connectivity index (χ4v) is 1.55. The zero-order valence-electron chi connectivity index (χ0n) is 13.5. The van der Waals surface area contributed by atoms with Crippen LogP contribution in [0.15, 0.2) is 47.7 Å². The van der Waals surface area contributed by atoms with Gasteiger partial charge in [-0.2, -0.15) is 5.10 Å². The topological polar surface area (TPSA) is 40.5 Å². The Morgan fingerprint density at radius 3 is 2.24 bits per heavy atom. The van der Waals surface area contributed by atoms with E-state index < -0.39 is 0 Å². The minimum Gasteiger partial charge on any atom is -0.363 e. The number of rotatable bonds is 4. The third kappa shape index (κ3) is 5.65. The summed E-state index contributed by atoms with van der Waals surface area (Å²) < 4.78 is 0. The molecule has 4 heteroatoms. The molecule has 0 aliphatic heterocycles. The van der Waals surface area contributed by atoms with Crippen molar-refractivity contribution in [1.82, 2.24) is 4.98 Å². The number of benzene rings is 1. The van der Waals surface area contributed by atoms with E-state index >= 15 is 0 Å². The van der Waals surface area contributed by atoms with Crippen LogP contribution in [0.5, 0.6) is 0 Å². The Morgan fingerprint density at radius 1 is 1.05 bits per heavy atom. The molecule has 112 valence electrons. The summed E-state index contributed by atoms with van der Waals surface area (Å²) in [4.78, 5) is 6.29. The van der Waals surface area contributed by atoms with Crippen LogP contribution < -0.4 is 10.3 Å². The SMILES string of the molecule is CC.Cc1ccc(N/N=C/c2ccc(N(C)C)nc2)cc1. The van der Waals surface area contributed by atoms with Crippen molar-refractivity contribution in [3.63, 3.8) is 0 Å². The third-order valence-electron chi connectivity index (χ3n) is 2.69. The molecule has 1 aromatic heterocycles. The Morgan fingerprint density at radius 2 is 1.71 bits per heavy atom. The van der Waals surface area contributed by atoms with E-state index in [1.165, 1.54) is 5.56 Å². The van der Waals surface area contributed by atoms with Crippen LogP contribution in [0.3, 0.4) is 0 Å². The van der Waals surface area contributed by atoms with Crippen LogP contribution in [0.25, 0.3) is 0 Å². The molecule has 0 atom stereocenters. The zero-order valence-corrected chi connectivity index (χ0v) is 13.5. The smallest absolute Gasteiger partial charge is 0.127 e. The third-order valence-corrected chi connectivity index (χ3v) is 2.69. The molecule has 0 radical (unpaired) electrons. The van der Waals surface area contributed by atoms with Crippen molar-refractivity contribution < 1.29 is 0 Å². The van der Waals surface area contributed by atoms with Gasteiger partial charge < -0.3 is 4.90 Å². The fraction of sp³-hybridized carbons (Fsp3) is 0.294. The molecule has 0 saturated carbocycles. The molecule has 2 rings (SSSR count). The molecule has 4 nitrogen and oxygen atoms in total. The number of hydrogen-bond acceptors (Lipinski definition) is 4. The average Bonchev–Trinajstić information content (AvgIpc) is 2.52. The van der Waals surface area contributed by atoms with Crippen LogP contribution in [-0.2, 0) is 0 Å². The van der Waals surface area contributed by atoms with Crippen molar-refractivity contribution in [2.75, 3.05) is 24.4 Å². The minimum atomic E-state index is 0.934. The summed E-state index contributed by atoms with van der Waals surface area (Å²) in [6, 6.07) is 12.0. The first-order valence-corrected chi connectivity index (χ1v) is 7.14. The van der Waals surface area contributed by atoms with Crippen LogP contribution >= 0.6 is 0 Å². The number of aryl methyl sites for hydroxylation is 1. The Bertz CT molecular complexity index is 542. The molecule has 0 saturated heterocycles. The van der Waals surface area contributed by atoms with E-state index in [2.05, 4.69) is 22.4 Å². The van der Waals surface area contributed by atoms with Gasteiger partial charge in [0.1, 0.15) is 5.82 Å². The molecule has 2 aromatic rings. The lowest BCUT2D eigenvalue weighted by molar-refractivity contribution is 1.07. The predicted molar refractivity (Wildman–Crippen MR) is 92.3 cm³/mol. The Hall–Kier alpha value is -2.36. The van der Waals surface area contributed by atoms with E-state index in [1.807, 2.05) is 69.2 Å². The van der Waals surface area contributed by atoms with Crippen LogP contribution in [0.1, 0.15) is 25.0 Å². The lowest BCUT2D eigenvalue weighted by atomic mass is 10.2. The highest BCUT2D eigenvalue weighted by atomic mass is 15.3. The molecule has 1 N–H and O–H groups in total. The van der Waals surface area contributed by atoms with E-state index in [0.717, 1.165) is 17.1 Å². The first kappa shape index (κ1) is 16.7. The summed E-state index contributed by atoms with van der Waals surface area (Å²) in [5.41, 5.74) is 6.16. The van der Waals surface area contributed by atoms with Crippen molar-refractivity contribution in [1.29, 1.82) is 0 Å². The number of hydrogen-bond donors (Lipinski definition) is 1. The van der Waals surface area contributed by atoms with Crippen LogP contribution in [0.2, 0.25) is 0 Å². The van der Waals surface area contributed by atoms with Crippen LogP contribution in [0.4, 0.5) is 11.5 Å². The molecule has 0 aliphatic carbocycles. The zero-order chi connectivity index (χ0) is 15.7. The van der Waals surface area contributed by atoms with E-state index in [9.17, 15) is 0 Å². The largest absolute Gasteiger partial charge is 0.363 e. The number of nitrogens with zero attached hydrogens (tertiary/aromatic N) is 3. The standard InChI is InChI=1S/C15H18N4.C2H6/c1-12-4-7-14(8-5-12)18-17-11-13-6-9-15(16-10-13)19(2)3;1-2/h4-11,18H,1-3H3;1-2H3/b17-11+;. The van der Waals surface area contributed by atoms with Gasteiger partial charge in [0.15, 0.2) is 0 Å². The van der Waals surface area contributed by atoms with Crippen LogP contribution in [0, 0.1) is 6.92 Å². The van der Waals surface area contributed by atoms with Crippen LogP contribution in [-0.4, -0.2) is 25.3 Å². The van der Waals surface area contributed by atoms with Gasteiger partial charge in [0.05, 0.1) is 11.9 Å². The first-order valence-electron chi connectivity index (χ1n) is 7.14. The van der Waals surface area contributed by atoms with E-state index in [4.69, 9.17) is 0 Å². The first-order chi connectivity index (χ1) is 10.1. The van der Waals surface area contributed by atoms with Gasteiger partial charge in [0, 0.05) is 25.9 Å². The number of nitrogens with one attached hydrogen (secondary N) is 1. The Balaban J connectivity index is 0.00000106. The highest BCUT2D eigenvalue weighted by molar-refractivity contribution is 5.80. The Kier molecular flexibility index (Phi) is 6.95. The summed E-state index contributed by atoms with van der Waals surface area (Å²) in [5, 5.41) is 4.19. The molecule has 1 aromatic carbocycles. The molecular formula is C17H24N4. The van der Waals surface area contributed by atoms with Gasteiger partial charge in [-0.3, -0.25) is 5.43 Å². The average molecular weight is 284 g/mol. The maximum absolute atomic E-state index is 4.32. The van der Waals surface area contributed by atoms with Gasteiger partial charge in [-0.05, 0) is 31.2 Å².